The van der Waals surface area contributed by atoms with Crippen LogP contribution in [0, 0.1) is 6.92 Å². The van der Waals surface area contributed by atoms with Gasteiger partial charge in [-0.2, -0.15) is 0 Å². The van der Waals surface area contributed by atoms with Crippen molar-refractivity contribution in [3.63, 3.8) is 0 Å². The first-order chi connectivity index (χ1) is 10.2. The third-order valence-electron chi connectivity index (χ3n) is 3.58. The van der Waals surface area contributed by atoms with E-state index in [-0.39, 0.29) is 5.91 Å². The van der Waals surface area contributed by atoms with Crippen LogP contribution in [-0.4, -0.2) is 25.6 Å². The minimum Gasteiger partial charge on any atom is -0.490 e. The molecule has 0 aromatic heterocycles. The Bertz CT molecular complexity index is 655. The third kappa shape index (κ3) is 2.99. The van der Waals surface area contributed by atoms with E-state index < -0.39 is 0 Å². The molecule has 2 aromatic carbocycles. The van der Waals surface area contributed by atoms with Crippen molar-refractivity contribution in [2.24, 2.45) is 0 Å². The van der Waals surface area contributed by atoms with Crippen LogP contribution in [0.1, 0.15) is 5.56 Å². The van der Waals surface area contributed by atoms with Crippen molar-refractivity contribution in [1.82, 2.24) is 0 Å². The molecular weight excluding hydrogens is 264 g/mol. The second-order valence-electron chi connectivity index (χ2n) is 5.10. The summed E-state index contributed by atoms with van der Waals surface area (Å²) in [4.78, 5) is 14.3. The molecule has 108 valence electrons. The van der Waals surface area contributed by atoms with Crippen LogP contribution in [0.4, 0.5) is 11.4 Å². The van der Waals surface area contributed by atoms with Crippen molar-refractivity contribution >= 4 is 17.3 Å². The summed E-state index contributed by atoms with van der Waals surface area (Å²) in [6.45, 7) is 3.64. The summed E-state index contributed by atoms with van der Waals surface area (Å²) in [7, 11) is 0. The van der Waals surface area contributed by atoms with Gasteiger partial charge in [0, 0.05) is 5.69 Å². The summed E-state index contributed by atoms with van der Waals surface area (Å²) in [5.74, 6) is 0.827. The smallest absolute Gasteiger partial charge is 0.243 e. The first-order valence-corrected chi connectivity index (χ1v) is 7.06. The molecule has 4 nitrogen and oxygen atoms in total. The highest BCUT2D eigenvalue weighted by atomic mass is 16.5. The molecule has 0 atom stereocenters. The van der Waals surface area contributed by atoms with Gasteiger partial charge in [-0.3, -0.25) is 4.79 Å². The van der Waals surface area contributed by atoms with Gasteiger partial charge in [-0.1, -0.05) is 30.3 Å². The fourth-order valence-corrected chi connectivity index (χ4v) is 2.47. The van der Waals surface area contributed by atoms with Gasteiger partial charge in [0.25, 0.3) is 0 Å². The maximum absolute atomic E-state index is 12.2. The molecule has 1 aliphatic heterocycles. The molecule has 0 unspecified atom stereocenters. The molecule has 0 bridgehead atoms. The lowest BCUT2D eigenvalue weighted by molar-refractivity contribution is -0.115. The Kier molecular flexibility index (Phi) is 3.77. The van der Waals surface area contributed by atoms with E-state index in [1.54, 1.807) is 0 Å². The molecule has 21 heavy (non-hydrogen) atoms. The summed E-state index contributed by atoms with van der Waals surface area (Å²) in [6, 6.07) is 15.6. The number of hydrogen-bond acceptors (Lipinski definition) is 3. The number of nitrogens with one attached hydrogen (secondary N) is 1. The highest BCUT2D eigenvalue weighted by molar-refractivity contribution is 5.95. The number of anilines is 2. The van der Waals surface area contributed by atoms with Crippen molar-refractivity contribution in [3.8, 4) is 5.75 Å². The van der Waals surface area contributed by atoms with E-state index in [2.05, 4.69) is 5.32 Å². The Balaban J connectivity index is 1.70. The highest BCUT2D eigenvalue weighted by Crippen LogP contribution is 2.30. The molecule has 2 aromatic rings. The maximum atomic E-state index is 12.2. The van der Waals surface area contributed by atoms with Crippen LogP contribution in [0.25, 0.3) is 0 Å². The van der Waals surface area contributed by atoms with E-state index in [1.165, 1.54) is 0 Å². The van der Waals surface area contributed by atoms with Crippen LogP contribution < -0.4 is 15.0 Å². The monoisotopic (exact) mass is 282 g/mol. The molecule has 1 N–H and O–H groups in total. The van der Waals surface area contributed by atoms with Crippen molar-refractivity contribution in [2.75, 3.05) is 29.9 Å². The van der Waals surface area contributed by atoms with Crippen LogP contribution in [0.3, 0.4) is 0 Å². The fourth-order valence-electron chi connectivity index (χ4n) is 2.47. The van der Waals surface area contributed by atoms with Crippen molar-refractivity contribution < 1.29 is 9.53 Å². The van der Waals surface area contributed by atoms with Crippen molar-refractivity contribution in [2.45, 2.75) is 6.92 Å². The number of carbonyl (C=O) groups excluding carboxylic acids is 1. The number of rotatable bonds is 3. The van der Waals surface area contributed by atoms with Gasteiger partial charge in [-0.15, -0.1) is 0 Å². The zero-order valence-corrected chi connectivity index (χ0v) is 12.0. The Morgan fingerprint density at radius 2 is 1.95 bits per heavy atom. The van der Waals surface area contributed by atoms with Gasteiger partial charge in [0.15, 0.2) is 0 Å². The number of para-hydroxylation sites is 3. The molecule has 0 spiro atoms. The van der Waals surface area contributed by atoms with Gasteiger partial charge < -0.3 is 15.0 Å². The molecule has 0 radical (unpaired) electrons. The second-order valence-corrected chi connectivity index (χ2v) is 5.10. The molecule has 0 fully saturated rings. The van der Waals surface area contributed by atoms with E-state index in [9.17, 15) is 4.79 Å². The van der Waals surface area contributed by atoms with Gasteiger partial charge in [0.05, 0.1) is 18.8 Å². The van der Waals surface area contributed by atoms with Gasteiger partial charge >= 0.3 is 0 Å². The SMILES string of the molecule is Cc1ccccc1NC(=O)CN1CCOc2ccccc21. The summed E-state index contributed by atoms with van der Waals surface area (Å²) in [5.41, 5.74) is 2.90. The van der Waals surface area contributed by atoms with Crippen LogP contribution in [0.5, 0.6) is 5.75 Å². The molecule has 0 saturated heterocycles. The van der Waals surface area contributed by atoms with Gasteiger partial charge in [-0.05, 0) is 30.7 Å². The van der Waals surface area contributed by atoms with E-state index in [0.29, 0.717) is 13.2 Å². The Labute approximate surface area is 124 Å². The Morgan fingerprint density at radius 1 is 1.19 bits per heavy atom. The number of benzene rings is 2. The number of amides is 1. The van der Waals surface area contributed by atoms with Crippen LogP contribution in [-0.2, 0) is 4.79 Å². The van der Waals surface area contributed by atoms with Gasteiger partial charge in [-0.25, -0.2) is 0 Å². The van der Waals surface area contributed by atoms with E-state index in [4.69, 9.17) is 4.74 Å². The minimum atomic E-state index is -0.0130. The summed E-state index contributed by atoms with van der Waals surface area (Å²) in [5, 5.41) is 2.97. The standard InChI is InChI=1S/C17H18N2O2/c1-13-6-2-3-7-14(13)18-17(20)12-19-10-11-21-16-9-5-4-8-15(16)19/h2-9H,10-12H2,1H3,(H,18,20). The first-order valence-electron chi connectivity index (χ1n) is 7.06. The number of carbonyl (C=O) groups is 1. The average Bonchev–Trinajstić information content (AvgIpc) is 2.50. The predicted octanol–water partition coefficient (Wildman–Crippen LogP) is 2.83. The van der Waals surface area contributed by atoms with E-state index in [1.807, 2.05) is 60.4 Å². The zero-order valence-electron chi connectivity index (χ0n) is 12.0. The lowest BCUT2D eigenvalue weighted by atomic mass is 10.2. The summed E-state index contributed by atoms with van der Waals surface area (Å²) >= 11 is 0. The van der Waals surface area contributed by atoms with E-state index >= 15 is 0 Å². The molecular formula is C17H18N2O2. The lowest BCUT2D eigenvalue weighted by Gasteiger charge is -2.30. The molecule has 0 saturated carbocycles. The van der Waals surface area contributed by atoms with Crippen LogP contribution in [0.15, 0.2) is 48.5 Å². The molecule has 0 aliphatic carbocycles. The zero-order chi connectivity index (χ0) is 14.7. The molecule has 1 heterocycles. The summed E-state index contributed by atoms with van der Waals surface area (Å²) in [6.07, 6.45) is 0. The largest absolute Gasteiger partial charge is 0.490 e. The summed E-state index contributed by atoms with van der Waals surface area (Å²) < 4.78 is 5.60. The second kappa shape index (κ2) is 5.87. The molecule has 3 rings (SSSR count). The molecule has 4 heteroatoms. The topological polar surface area (TPSA) is 41.6 Å². The van der Waals surface area contributed by atoms with Crippen molar-refractivity contribution in [3.05, 3.63) is 54.1 Å². The quantitative estimate of drug-likeness (QED) is 0.941. The number of nitrogens with zero attached hydrogens (tertiary/aromatic N) is 1. The lowest BCUT2D eigenvalue weighted by Crippen LogP contribution is -2.38. The predicted molar refractivity (Wildman–Crippen MR) is 84.0 cm³/mol. The minimum absolute atomic E-state index is 0.0130. The molecule has 1 aliphatic rings. The normalized spacial score (nSPS) is 13.3. The molecule has 1 amide bonds. The average molecular weight is 282 g/mol. The number of aryl methyl sites for hydroxylation is 1. The Morgan fingerprint density at radius 3 is 2.81 bits per heavy atom. The van der Waals surface area contributed by atoms with E-state index in [0.717, 1.165) is 29.2 Å². The first kappa shape index (κ1) is 13.5. The maximum Gasteiger partial charge on any atom is 0.243 e. The Hall–Kier alpha value is -2.49. The highest BCUT2D eigenvalue weighted by Gasteiger charge is 2.19. The number of hydrogen-bond donors (Lipinski definition) is 1. The van der Waals surface area contributed by atoms with Crippen LogP contribution >= 0.6 is 0 Å². The van der Waals surface area contributed by atoms with Gasteiger partial charge in [0.1, 0.15) is 12.4 Å². The number of fused-ring (bicyclic) bond motifs is 1. The van der Waals surface area contributed by atoms with Crippen LogP contribution in [0.2, 0.25) is 0 Å². The van der Waals surface area contributed by atoms with Gasteiger partial charge in [0.2, 0.25) is 5.91 Å². The number of ether oxygens (including phenoxy) is 1. The third-order valence-corrected chi connectivity index (χ3v) is 3.58. The fraction of sp³-hybridized carbons (Fsp3) is 0.235. The van der Waals surface area contributed by atoms with Crippen molar-refractivity contribution in [1.29, 1.82) is 0 Å².